The molecule has 0 fully saturated rings. The number of hydrogen-bond donors (Lipinski definition) is 3. The van der Waals surface area contributed by atoms with Gasteiger partial charge in [-0.15, -0.1) is 0 Å². The van der Waals surface area contributed by atoms with Crippen LogP contribution in [0.3, 0.4) is 0 Å². The summed E-state index contributed by atoms with van der Waals surface area (Å²) in [6.07, 6.45) is 3.21. The smallest absolute Gasteiger partial charge is 0.326 e. The van der Waals surface area contributed by atoms with Crippen LogP contribution in [0.1, 0.15) is 46.8 Å². The zero-order valence-corrected chi connectivity index (χ0v) is 23.2. The first kappa shape index (κ1) is 29.4. The normalized spacial score (nSPS) is 12.6. The molecule has 0 radical (unpaired) electrons. The van der Waals surface area contributed by atoms with E-state index in [1.807, 2.05) is 67.8 Å². The molecule has 7 heteroatoms. The van der Waals surface area contributed by atoms with Gasteiger partial charge in [-0.05, 0) is 71.7 Å². The second kappa shape index (κ2) is 15.3. The Morgan fingerprint density at radius 2 is 1.71 bits per heavy atom. The van der Waals surface area contributed by atoms with Crippen LogP contribution in [-0.2, 0) is 22.7 Å². The van der Waals surface area contributed by atoms with E-state index in [0.29, 0.717) is 37.5 Å². The minimum Gasteiger partial charge on any atom is -0.480 e. The van der Waals surface area contributed by atoms with Crippen LogP contribution in [0.2, 0.25) is 0 Å². The van der Waals surface area contributed by atoms with Gasteiger partial charge in [0.2, 0.25) is 0 Å². The number of carboxylic acid groups (broad SMARTS) is 1. The SMILES string of the molecule is CCC(COCc1ccccc1)NCc1ccc(C(=O)NC(CCSC)C(=O)O)c(-c2ccccc2C)c1. The number of carboxylic acids is 1. The van der Waals surface area contributed by atoms with Crippen molar-refractivity contribution in [3.05, 3.63) is 95.1 Å². The lowest BCUT2D eigenvalue weighted by Gasteiger charge is -2.19. The molecule has 0 bridgehead atoms. The highest BCUT2D eigenvalue weighted by atomic mass is 32.2. The minimum atomic E-state index is -1.02. The summed E-state index contributed by atoms with van der Waals surface area (Å²) in [7, 11) is 0. The Morgan fingerprint density at radius 3 is 2.39 bits per heavy atom. The first-order valence-electron chi connectivity index (χ1n) is 13.0. The molecule has 3 aromatic rings. The third kappa shape index (κ3) is 8.72. The van der Waals surface area contributed by atoms with Crippen molar-refractivity contribution in [3.63, 3.8) is 0 Å². The maximum Gasteiger partial charge on any atom is 0.326 e. The van der Waals surface area contributed by atoms with Gasteiger partial charge < -0.3 is 20.5 Å². The van der Waals surface area contributed by atoms with E-state index in [9.17, 15) is 14.7 Å². The molecular weight excluding hydrogens is 496 g/mol. The fraction of sp³-hybridized carbons (Fsp3) is 0.355. The van der Waals surface area contributed by atoms with Crippen LogP contribution in [0.4, 0.5) is 0 Å². The molecule has 2 atom stereocenters. The van der Waals surface area contributed by atoms with E-state index < -0.39 is 12.0 Å². The van der Waals surface area contributed by atoms with E-state index in [4.69, 9.17) is 4.74 Å². The zero-order valence-electron chi connectivity index (χ0n) is 22.4. The number of aryl methyl sites for hydroxylation is 1. The Balaban J connectivity index is 1.75. The lowest BCUT2D eigenvalue weighted by Crippen LogP contribution is -2.41. The monoisotopic (exact) mass is 534 g/mol. The van der Waals surface area contributed by atoms with Crippen molar-refractivity contribution in [2.75, 3.05) is 18.6 Å². The zero-order chi connectivity index (χ0) is 27.3. The number of hydrogen-bond acceptors (Lipinski definition) is 5. The van der Waals surface area contributed by atoms with Crippen LogP contribution >= 0.6 is 11.8 Å². The van der Waals surface area contributed by atoms with Crippen LogP contribution in [0.15, 0.2) is 72.8 Å². The van der Waals surface area contributed by atoms with Crippen molar-refractivity contribution in [1.82, 2.24) is 10.6 Å². The molecule has 3 aromatic carbocycles. The van der Waals surface area contributed by atoms with E-state index in [-0.39, 0.29) is 11.9 Å². The first-order chi connectivity index (χ1) is 18.4. The minimum absolute atomic E-state index is 0.191. The van der Waals surface area contributed by atoms with Crippen molar-refractivity contribution in [2.24, 2.45) is 0 Å². The molecule has 2 unspecified atom stereocenters. The number of carbonyl (C=O) groups excluding carboxylic acids is 1. The van der Waals surface area contributed by atoms with Gasteiger partial charge >= 0.3 is 5.97 Å². The predicted molar refractivity (Wildman–Crippen MR) is 156 cm³/mol. The number of ether oxygens (including phenoxy) is 1. The second-order valence-electron chi connectivity index (χ2n) is 9.33. The van der Waals surface area contributed by atoms with Gasteiger partial charge in [0.1, 0.15) is 6.04 Å². The molecule has 0 spiro atoms. The summed E-state index contributed by atoms with van der Waals surface area (Å²) in [5.41, 5.74) is 5.45. The molecule has 0 aliphatic heterocycles. The van der Waals surface area contributed by atoms with Crippen LogP contribution in [0.25, 0.3) is 11.1 Å². The van der Waals surface area contributed by atoms with E-state index in [1.54, 1.807) is 17.8 Å². The third-order valence-electron chi connectivity index (χ3n) is 6.50. The summed E-state index contributed by atoms with van der Waals surface area (Å²) < 4.78 is 5.94. The van der Waals surface area contributed by atoms with Gasteiger partial charge in [-0.1, -0.05) is 67.6 Å². The molecule has 3 rings (SSSR count). The summed E-state index contributed by atoms with van der Waals surface area (Å²) in [5.74, 6) is -0.747. The maximum atomic E-state index is 13.3. The van der Waals surface area contributed by atoms with Crippen molar-refractivity contribution in [2.45, 2.75) is 51.9 Å². The third-order valence-corrected chi connectivity index (χ3v) is 7.14. The molecule has 6 nitrogen and oxygen atoms in total. The molecule has 202 valence electrons. The Morgan fingerprint density at radius 1 is 0.974 bits per heavy atom. The summed E-state index contributed by atoms with van der Waals surface area (Å²) in [4.78, 5) is 25.0. The van der Waals surface area contributed by atoms with Crippen molar-refractivity contribution in [3.8, 4) is 11.1 Å². The van der Waals surface area contributed by atoms with Crippen molar-refractivity contribution < 1.29 is 19.4 Å². The number of rotatable bonds is 15. The average molecular weight is 535 g/mol. The molecule has 38 heavy (non-hydrogen) atoms. The highest BCUT2D eigenvalue weighted by Gasteiger charge is 2.23. The number of thioether (sulfide) groups is 1. The Hall–Kier alpha value is -3.13. The van der Waals surface area contributed by atoms with Gasteiger partial charge in [-0.25, -0.2) is 4.79 Å². The van der Waals surface area contributed by atoms with Crippen molar-refractivity contribution in [1.29, 1.82) is 0 Å². The number of nitrogens with one attached hydrogen (secondary N) is 2. The Bertz CT molecular complexity index is 1190. The number of benzene rings is 3. The number of aliphatic carboxylic acids is 1. The number of amides is 1. The van der Waals surface area contributed by atoms with E-state index in [1.165, 1.54) is 0 Å². The average Bonchev–Trinajstić information content (AvgIpc) is 2.93. The molecular formula is C31H38N2O4S. The predicted octanol–water partition coefficient (Wildman–Crippen LogP) is 5.68. The fourth-order valence-corrected chi connectivity index (χ4v) is 4.67. The molecule has 0 saturated heterocycles. The molecule has 3 N–H and O–H groups in total. The largest absolute Gasteiger partial charge is 0.480 e. The summed E-state index contributed by atoms with van der Waals surface area (Å²) in [6.45, 7) is 5.94. The number of carbonyl (C=O) groups is 2. The Kier molecular flexibility index (Phi) is 11.9. The van der Waals surface area contributed by atoms with Gasteiger partial charge in [-0.2, -0.15) is 11.8 Å². The lowest BCUT2D eigenvalue weighted by atomic mass is 9.93. The van der Waals surface area contributed by atoms with E-state index in [2.05, 4.69) is 29.7 Å². The summed E-state index contributed by atoms with van der Waals surface area (Å²) in [6, 6.07) is 23.1. The topological polar surface area (TPSA) is 87.7 Å². The van der Waals surface area contributed by atoms with Crippen LogP contribution in [0, 0.1) is 6.92 Å². The Labute approximate surface area is 230 Å². The molecule has 0 aliphatic carbocycles. The molecule has 1 amide bonds. The van der Waals surface area contributed by atoms with Gasteiger partial charge in [0.25, 0.3) is 5.91 Å². The fourth-order valence-electron chi connectivity index (χ4n) is 4.20. The quantitative estimate of drug-likeness (QED) is 0.232. The second-order valence-corrected chi connectivity index (χ2v) is 10.3. The highest BCUT2D eigenvalue weighted by Crippen LogP contribution is 2.28. The van der Waals surface area contributed by atoms with E-state index >= 15 is 0 Å². The van der Waals surface area contributed by atoms with Crippen LogP contribution in [-0.4, -0.2) is 47.7 Å². The van der Waals surface area contributed by atoms with Gasteiger partial charge in [0.05, 0.1) is 13.2 Å². The standard InChI is InChI=1S/C31H38N2O4S/c1-4-25(21-37-20-23-11-6-5-7-12-23)32-19-24-14-15-27(28(18-24)26-13-9-8-10-22(26)2)30(34)33-29(31(35)36)16-17-38-3/h5-15,18,25,29,32H,4,16-17,19-21H2,1-3H3,(H,33,34)(H,35,36). The summed E-state index contributed by atoms with van der Waals surface area (Å²) in [5, 5.41) is 15.9. The molecule has 0 saturated carbocycles. The maximum absolute atomic E-state index is 13.3. The lowest BCUT2D eigenvalue weighted by molar-refractivity contribution is -0.139. The van der Waals surface area contributed by atoms with Gasteiger partial charge in [-0.3, -0.25) is 4.79 Å². The highest BCUT2D eigenvalue weighted by molar-refractivity contribution is 7.98. The van der Waals surface area contributed by atoms with Gasteiger partial charge in [0, 0.05) is 18.2 Å². The van der Waals surface area contributed by atoms with Crippen molar-refractivity contribution >= 4 is 23.6 Å². The first-order valence-corrected chi connectivity index (χ1v) is 14.4. The molecule has 0 heterocycles. The van der Waals surface area contributed by atoms with Crippen LogP contribution in [0.5, 0.6) is 0 Å². The molecule has 0 aromatic heterocycles. The van der Waals surface area contributed by atoms with E-state index in [0.717, 1.165) is 34.2 Å². The molecule has 0 aliphatic rings. The summed E-state index contributed by atoms with van der Waals surface area (Å²) >= 11 is 1.56. The van der Waals surface area contributed by atoms with Crippen LogP contribution < -0.4 is 10.6 Å². The van der Waals surface area contributed by atoms with Gasteiger partial charge in [0.15, 0.2) is 0 Å².